The van der Waals surface area contributed by atoms with Gasteiger partial charge in [0.25, 0.3) is 0 Å². The van der Waals surface area contributed by atoms with E-state index in [-0.39, 0.29) is 0 Å². The molecule has 0 amide bonds. The minimum Gasteiger partial charge on any atom is -0.309 e. The van der Waals surface area contributed by atoms with Gasteiger partial charge in [0.2, 0.25) is 11.9 Å². The lowest BCUT2D eigenvalue weighted by Crippen LogP contribution is -2.31. The van der Waals surface area contributed by atoms with Crippen molar-refractivity contribution in [1.29, 1.82) is 0 Å². The minimum absolute atomic E-state index is 0.513. The fourth-order valence-corrected chi connectivity index (χ4v) is 13.7. The van der Waals surface area contributed by atoms with Crippen molar-refractivity contribution in [3.8, 4) is 34.7 Å². The van der Waals surface area contributed by atoms with Gasteiger partial charge < -0.3 is 9.13 Å². The van der Waals surface area contributed by atoms with Crippen LogP contribution in [-0.4, -0.2) is 33.2 Å². The van der Waals surface area contributed by atoms with Gasteiger partial charge >= 0.3 is 0 Å². The van der Waals surface area contributed by atoms with E-state index in [1.807, 2.05) is 0 Å². The molecule has 0 radical (unpaired) electrons. The molecule has 12 aromatic carbocycles. The number of benzene rings is 12. The van der Waals surface area contributed by atoms with Gasteiger partial charge in [0.1, 0.15) is 0 Å². The van der Waals surface area contributed by atoms with E-state index in [1.165, 1.54) is 21.5 Å². The molecule has 0 aliphatic heterocycles. The molecule has 17 rings (SSSR count). The second kappa shape index (κ2) is 18.5. The van der Waals surface area contributed by atoms with Gasteiger partial charge in [-0.05, 0) is 101 Å². The quantitative estimate of drug-likeness (QED) is 0.135. The number of rotatable bonds is 9. The number of para-hydroxylation sites is 6. The summed E-state index contributed by atoms with van der Waals surface area (Å²) < 4.78 is 9.24. The number of aromatic nitrogens is 7. The molecule has 0 saturated heterocycles. The molecular formula is C76H49N7. The predicted octanol–water partition coefficient (Wildman–Crippen LogP) is 18.3. The fraction of sp³-hybridized carbons (Fsp3) is 0.0132. The molecule has 0 spiro atoms. The van der Waals surface area contributed by atoms with Crippen LogP contribution in [0, 0.1) is 0 Å². The second-order valence-corrected chi connectivity index (χ2v) is 21.5. The summed E-state index contributed by atoms with van der Waals surface area (Å²) in [6.07, 6.45) is 0. The maximum Gasteiger partial charge on any atom is 0.240 e. The Hall–Kier alpha value is -11.2. The molecule has 0 aliphatic rings. The van der Waals surface area contributed by atoms with Crippen molar-refractivity contribution in [2.24, 2.45) is 0 Å². The van der Waals surface area contributed by atoms with E-state index >= 15 is 0 Å². The lowest BCUT2D eigenvalue weighted by Gasteiger charge is -2.37. The van der Waals surface area contributed by atoms with E-state index < -0.39 is 5.41 Å². The molecule has 0 N–H and O–H groups in total. The Morgan fingerprint density at radius 2 is 0.518 bits per heavy atom. The number of hydrogen-bond acceptors (Lipinski definition) is 3. The monoisotopic (exact) mass is 1060 g/mol. The molecule has 0 bridgehead atoms. The van der Waals surface area contributed by atoms with Crippen molar-refractivity contribution in [3.05, 3.63) is 320 Å². The third-order valence-electron chi connectivity index (χ3n) is 17.2. The number of fused-ring (bicyclic) bond motifs is 12. The highest BCUT2D eigenvalue weighted by atomic mass is 15.3. The van der Waals surface area contributed by atoms with Gasteiger partial charge in [0, 0.05) is 60.0 Å². The van der Waals surface area contributed by atoms with Crippen LogP contribution in [0.4, 0.5) is 0 Å². The highest BCUT2D eigenvalue weighted by molar-refractivity contribution is 6.14. The lowest BCUT2D eigenvalue weighted by molar-refractivity contribution is 0.745. The Morgan fingerprint density at radius 1 is 0.217 bits per heavy atom. The molecule has 388 valence electrons. The maximum atomic E-state index is 5.66. The molecule has 17 aromatic rings. The van der Waals surface area contributed by atoms with Crippen LogP contribution in [0.2, 0.25) is 0 Å². The van der Waals surface area contributed by atoms with E-state index in [2.05, 4.69) is 316 Å². The third kappa shape index (κ3) is 7.01. The van der Waals surface area contributed by atoms with Gasteiger partial charge in [-0.15, -0.1) is 0 Å². The van der Waals surface area contributed by atoms with Crippen molar-refractivity contribution >= 4 is 87.2 Å². The van der Waals surface area contributed by atoms with Gasteiger partial charge in [-0.1, -0.05) is 218 Å². The summed E-state index contributed by atoms with van der Waals surface area (Å²) in [5, 5.41) is 9.29. The molecule has 0 saturated carbocycles. The highest BCUT2D eigenvalue weighted by Crippen LogP contribution is 2.47. The van der Waals surface area contributed by atoms with Crippen LogP contribution in [0.25, 0.3) is 122 Å². The third-order valence-corrected chi connectivity index (χ3v) is 17.2. The zero-order valence-corrected chi connectivity index (χ0v) is 44.9. The Kier molecular flexibility index (Phi) is 10.4. The summed E-state index contributed by atoms with van der Waals surface area (Å²) in [5.41, 5.74) is 15.5. The van der Waals surface area contributed by atoms with Crippen LogP contribution in [0.5, 0.6) is 0 Å². The van der Waals surface area contributed by atoms with Gasteiger partial charge in [-0.3, -0.25) is 9.13 Å². The van der Waals surface area contributed by atoms with Crippen molar-refractivity contribution in [3.63, 3.8) is 0 Å². The summed E-state index contributed by atoms with van der Waals surface area (Å²) in [6.45, 7) is 0. The van der Waals surface area contributed by atoms with Gasteiger partial charge in [-0.2, -0.15) is 15.0 Å². The first-order valence-corrected chi connectivity index (χ1v) is 28.3. The first-order valence-electron chi connectivity index (χ1n) is 28.3. The molecule has 0 fully saturated rings. The molecule has 5 aromatic heterocycles. The van der Waals surface area contributed by atoms with Crippen molar-refractivity contribution < 1.29 is 0 Å². The van der Waals surface area contributed by atoms with E-state index in [1.54, 1.807) is 0 Å². The summed E-state index contributed by atoms with van der Waals surface area (Å²) in [5.74, 6) is 1.58. The van der Waals surface area contributed by atoms with Crippen molar-refractivity contribution in [1.82, 2.24) is 33.2 Å². The van der Waals surface area contributed by atoms with Crippen LogP contribution >= 0.6 is 0 Å². The molecule has 7 heteroatoms. The minimum atomic E-state index is -0.694. The Labute approximate surface area is 477 Å². The summed E-state index contributed by atoms with van der Waals surface area (Å²) in [4.78, 5) is 16.9. The molecule has 0 aliphatic carbocycles. The Balaban J connectivity index is 0.931. The summed E-state index contributed by atoms with van der Waals surface area (Å²) in [6, 6.07) is 107. The largest absolute Gasteiger partial charge is 0.309 e. The smallest absolute Gasteiger partial charge is 0.240 e. The summed E-state index contributed by atoms with van der Waals surface area (Å²) in [7, 11) is 0. The SMILES string of the molecule is c1ccc(C(c2ccccc2)(c2ccccc2)c2cccc(-c3nc(-n4c5ccccc5c5cc(-n6c7ccccc7c7ccccc76)ccc54)nc(-n4c5ccccc5c5cc(-n6c7ccccc7c7ccccc76)ccc54)n3)c2)cc1. The average molecular weight is 1060 g/mol. The average Bonchev–Trinajstić information content (AvgIpc) is 4.43. The highest BCUT2D eigenvalue weighted by Gasteiger charge is 2.38. The topological polar surface area (TPSA) is 58.4 Å². The lowest BCUT2D eigenvalue weighted by atomic mass is 9.65. The van der Waals surface area contributed by atoms with Crippen LogP contribution in [0.15, 0.2) is 297 Å². The Bertz CT molecular complexity index is 4940. The van der Waals surface area contributed by atoms with Crippen LogP contribution in [-0.2, 0) is 5.41 Å². The zero-order chi connectivity index (χ0) is 54.6. The first kappa shape index (κ1) is 46.7. The van der Waals surface area contributed by atoms with E-state index in [0.717, 1.165) is 105 Å². The first-order chi connectivity index (χ1) is 41.2. The van der Waals surface area contributed by atoms with Gasteiger partial charge in [0.05, 0.1) is 49.5 Å². The molecule has 83 heavy (non-hydrogen) atoms. The number of hydrogen-bond donors (Lipinski definition) is 0. The van der Waals surface area contributed by atoms with E-state index in [0.29, 0.717) is 17.7 Å². The molecular weight excluding hydrogens is 1010 g/mol. The van der Waals surface area contributed by atoms with Crippen LogP contribution in [0.1, 0.15) is 22.3 Å². The molecule has 5 heterocycles. The van der Waals surface area contributed by atoms with Crippen molar-refractivity contribution in [2.45, 2.75) is 5.41 Å². The van der Waals surface area contributed by atoms with Crippen molar-refractivity contribution in [2.75, 3.05) is 0 Å². The van der Waals surface area contributed by atoms with Crippen LogP contribution < -0.4 is 0 Å². The molecule has 7 nitrogen and oxygen atoms in total. The predicted molar refractivity (Wildman–Crippen MR) is 341 cm³/mol. The maximum absolute atomic E-state index is 5.66. The van der Waals surface area contributed by atoms with Crippen LogP contribution in [0.3, 0.4) is 0 Å². The zero-order valence-electron chi connectivity index (χ0n) is 44.9. The van der Waals surface area contributed by atoms with Gasteiger partial charge in [-0.25, -0.2) is 0 Å². The fourth-order valence-electron chi connectivity index (χ4n) is 13.7. The Morgan fingerprint density at radius 3 is 0.892 bits per heavy atom. The molecule has 0 atom stereocenters. The van der Waals surface area contributed by atoms with E-state index in [4.69, 9.17) is 15.0 Å². The van der Waals surface area contributed by atoms with E-state index in [9.17, 15) is 0 Å². The number of nitrogens with zero attached hydrogens (tertiary/aromatic N) is 7. The second-order valence-electron chi connectivity index (χ2n) is 21.5. The van der Waals surface area contributed by atoms with Gasteiger partial charge in [0.15, 0.2) is 5.82 Å². The summed E-state index contributed by atoms with van der Waals surface area (Å²) >= 11 is 0. The normalized spacial score (nSPS) is 12.1. The molecule has 0 unspecified atom stereocenters. The standard InChI is InChI=1S/C76H49N7/c1-4-24-51(25-5-1)76(52-26-6-2-7-27-52,53-28-8-3-9-29-53)54-30-22-23-50(47-54)73-77-74(82-69-41-20-14-35-61(69)63-48-55(43-45-71(63)82)80-65-37-16-10-31-57(65)58-32-11-17-38-66(58)80)79-75(78-73)83-70-42-21-15-36-62(70)64-49-56(44-46-72(64)83)81-67-39-18-12-33-59(67)60-34-13-19-40-68(60)81/h1-49H.